The summed E-state index contributed by atoms with van der Waals surface area (Å²) in [5.74, 6) is -5.03. The van der Waals surface area contributed by atoms with Crippen LogP contribution in [-0.4, -0.2) is 80.3 Å². The van der Waals surface area contributed by atoms with Gasteiger partial charge in [-0.2, -0.15) is 0 Å². The summed E-state index contributed by atoms with van der Waals surface area (Å²) in [5.41, 5.74) is 3.10. The molecule has 10 nitrogen and oxygen atoms in total. The molecule has 1 aromatic rings. The summed E-state index contributed by atoms with van der Waals surface area (Å²) in [6.07, 6.45) is 7.76. The van der Waals surface area contributed by atoms with E-state index in [0.717, 1.165) is 13.1 Å². The first-order valence-electron chi connectivity index (χ1n) is 11.0. The minimum absolute atomic E-state index is 0.558. The second-order valence-electron chi connectivity index (χ2n) is 7.75. The van der Waals surface area contributed by atoms with E-state index in [2.05, 4.69) is 34.1 Å². The Balaban J connectivity index is 0.000000304. The van der Waals surface area contributed by atoms with Crippen molar-refractivity contribution in [3.63, 3.8) is 0 Å². The van der Waals surface area contributed by atoms with Crippen LogP contribution in [0.1, 0.15) is 36.8 Å². The fourth-order valence-corrected chi connectivity index (χ4v) is 3.51. The lowest BCUT2D eigenvalue weighted by Crippen LogP contribution is -2.22. The number of hydrogen-bond acceptors (Lipinski definition) is 6. The zero-order valence-corrected chi connectivity index (χ0v) is 19.0. The Bertz CT molecular complexity index is 766. The first-order valence-corrected chi connectivity index (χ1v) is 11.0. The van der Waals surface area contributed by atoms with Gasteiger partial charge in [0.25, 0.3) is 0 Å². The number of rotatable bonds is 8. The molecule has 34 heavy (non-hydrogen) atoms. The number of benzene rings is 1. The van der Waals surface area contributed by atoms with Crippen LogP contribution >= 0.6 is 0 Å². The maximum absolute atomic E-state index is 9.55. The standard InChI is InChI=1S/C16H24N2.2C4H4O4/c1-2-8-16(14-18-11-5-6-12-18)15(7-1)13-17-9-3-4-10-17;2*5-3(6)1-2-4(7)8/h1-2,7-8H,3-6,9-14H2;2*1-2H,(H,5,6)(H,7,8)/b;2*2-1-. The van der Waals surface area contributed by atoms with Gasteiger partial charge in [-0.3, -0.25) is 9.80 Å². The van der Waals surface area contributed by atoms with Crippen LogP contribution in [0.25, 0.3) is 0 Å². The van der Waals surface area contributed by atoms with E-state index in [1.807, 2.05) is 0 Å². The number of carboxylic acid groups (broad SMARTS) is 4. The number of likely N-dealkylation sites (tertiary alicyclic amines) is 2. The molecule has 0 amide bonds. The van der Waals surface area contributed by atoms with Gasteiger partial charge >= 0.3 is 23.9 Å². The van der Waals surface area contributed by atoms with Gasteiger partial charge < -0.3 is 20.4 Å². The molecule has 0 saturated carbocycles. The highest BCUT2D eigenvalue weighted by Gasteiger charge is 2.16. The van der Waals surface area contributed by atoms with Gasteiger partial charge in [0, 0.05) is 37.4 Å². The van der Waals surface area contributed by atoms with Crippen molar-refractivity contribution in [1.29, 1.82) is 0 Å². The van der Waals surface area contributed by atoms with E-state index in [4.69, 9.17) is 20.4 Å². The smallest absolute Gasteiger partial charge is 0.328 e. The predicted octanol–water partition coefficient (Wildman–Crippen LogP) is 2.30. The second kappa shape index (κ2) is 16.2. The Kier molecular flexibility index (Phi) is 13.6. The highest BCUT2D eigenvalue weighted by atomic mass is 16.4. The lowest BCUT2D eigenvalue weighted by Gasteiger charge is -2.20. The van der Waals surface area contributed by atoms with Crippen molar-refractivity contribution in [3.05, 3.63) is 59.7 Å². The minimum Gasteiger partial charge on any atom is -0.478 e. The Labute approximate surface area is 198 Å². The lowest BCUT2D eigenvalue weighted by molar-refractivity contribution is -0.134. The molecule has 2 saturated heterocycles. The molecular weight excluding hydrogens is 444 g/mol. The molecular formula is C24H32N2O8. The van der Waals surface area contributed by atoms with Gasteiger partial charge in [-0.25, -0.2) is 19.2 Å². The van der Waals surface area contributed by atoms with Crippen LogP contribution in [0.15, 0.2) is 48.6 Å². The molecule has 2 heterocycles. The summed E-state index contributed by atoms with van der Waals surface area (Å²) >= 11 is 0. The van der Waals surface area contributed by atoms with E-state index >= 15 is 0 Å². The maximum atomic E-state index is 9.55. The van der Waals surface area contributed by atoms with Crippen LogP contribution in [0, 0.1) is 0 Å². The molecule has 2 aliphatic rings. The van der Waals surface area contributed by atoms with E-state index in [1.54, 1.807) is 11.1 Å². The van der Waals surface area contributed by atoms with E-state index in [0.29, 0.717) is 24.3 Å². The Hall–Kier alpha value is -3.50. The minimum atomic E-state index is -1.26. The summed E-state index contributed by atoms with van der Waals surface area (Å²) in [6, 6.07) is 9.03. The summed E-state index contributed by atoms with van der Waals surface area (Å²) in [6.45, 7) is 7.47. The van der Waals surface area contributed by atoms with Gasteiger partial charge in [0.1, 0.15) is 0 Å². The predicted molar refractivity (Wildman–Crippen MR) is 124 cm³/mol. The number of carbonyl (C=O) groups is 4. The first-order chi connectivity index (χ1) is 16.2. The van der Waals surface area contributed by atoms with Gasteiger partial charge in [0.15, 0.2) is 0 Å². The van der Waals surface area contributed by atoms with Gasteiger partial charge in [-0.15, -0.1) is 0 Å². The summed E-state index contributed by atoms with van der Waals surface area (Å²) in [5, 5.41) is 31.2. The van der Waals surface area contributed by atoms with Gasteiger partial charge in [-0.1, -0.05) is 24.3 Å². The summed E-state index contributed by atoms with van der Waals surface area (Å²) in [4.78, 5) is 43.4. The van der Waals surface area contributed by atoms with E-state index in [9.17, 15) is 19.2 Å². The Morgan fingerprint density at radius 2 is 0.853 bits per heavy atom. The molecule has 1 aromatic carbocycles. The normalized spacial score (nSPS) is 16.0. The fraction of sp³-hybridized carbons (Fsp3) is 0.417. The fourth-order valence-electron chi connectivity index (χ4n) is 3.51. The molecule has 186 valence electrons. The van der Waals surface area contributed by atoms with Crippen molar-refractivity contribution in [2.75, 3.05) is 26.2 Å². The van der Waals surface area contributed by atoms with Gasteiger partial charge in [0.05, 0.1) is 0 Å². The molecule has 0 unspecified atom stereocenters. The van der Waals surface area contributed by atoms with E-state index in [-0.39, 0.29) is 0 Å². The molecule has 0 radical (unpaired) electrons. The largest absolute Gasteiger partial charge is 0.478 e. The summed E-state index contributed by atoms with van der Waals surface area (Å²) in [7, 11) is 0. The molecule has 2 aliphatic heterocycles. The molecule has 0 aliphatic carbocycles. The molecule has 2 fully saturated rings. The topological polar surface area (TPSA) is 156 Å². The zero-order chi connectivity index (χ0) is 25.3. The van der Waals surface area contributed by atoms with Crippen LogP contribution in [-0.2, 0) is 32.3 Å². The highest BCUT2D eigenvalue weighted by Crippen LogP contribution is 2.19. The summed E-state index contributed by atoms with van der Waals surface area (Å²) < 4.78 is 0. The zero-order valence-electron chi connectivity index (χ0n) is 19.0. The van der Waals surface area contributed by atoms with Crippen molar-refractivity contribution >= 4 is 23.9 Å². The molecule has 0 aromatic heterocycles. The SMILES string of the molecule is O=C(O)/C=C\C(=O)O.O=C(O)/C=C\C(=O)O.c1ccc(CN2CCCC2)c(CN2CCCC2)c1. The molecule has 0 bridgehead atoms. The third-order valence-electron chi connectivity index (χ3n) is 5.04. The van der Waals surface area contributed by atoms with Crippen LogP contribution in [0.5, 0.6) is 0 Å². The molecule has 0 atom stereocenters. The van der Waals surface area contributed by atoms with Crippen molar-refractivity contribution in [3.8, 4) is 0 Å². The quantitative estimate of drug-likeness (QED) is 0.411. The number of aliphatic carboxylic acids is 4. The van der Waals surface area contributed by atoms with Crippen LogP contribution in [0.2, 0.25) is 0 Å². The second-order valence-corrected chi connectivity index (χ2v) is 7.75. The van der Waals surface area contributed by atoms with Crippen LogP contribution < -0.4 is 0 Å². The first kappa shape index (κ1) is 28.5. The van der Waals surface area contributed by atoms with Crippen molar-refractivity contribution < 1.29 is 39.6 Å². The van der Waals surface area contributed by atoms with Crippen LogP contribution in [0.3, 0.4) is 0 Å². The molecule has 3 rings (SSSR count). The number of nitrogens with zero attached hydrogens (tertiary/aromatic N) is 2. The van der Waals surface area contributed by atoms with Gasteiger partial charge in [0.2, 0.25) is 0 Å². The van der Waals surface area contributed by atoms with E-state index < -0.39 is 23.9 Å². The maximum Gasteiger partial charge on any atom is 0.328 e. The monoisotopic (exact) mass is 476 g/mol. The molecule has 4 N–H and O–H groups in total. The third kappa shape index (κ3) is 13.8. The van der Waals surface area contributed by atoms with Crippen molar-refractivity contribution in [2.24, 2.45) is 0 Å². The lowest BCUT2D eigenvalue weighted by atomic mass is 10.1. The average molecular weight is 477 g/mol. The molecule has 10 heteroatoms. The number of carboxylic acids is 4. The average Bonchev–Trinajstić information content (AvgIpc) is 3.47. The molecule has 0 spiro atoms. The highest BCUT2D eigenvalue weighted by molar-refractivity contribution is 5.90. The van der Waals surface area contributed by atoms with Crippen molar-refractivity contribution in [2.45, 2.75) is 38.8 Å². The van der Waals surface area contributed by atoms with Crippen LogP contribution in [0.4, 0.5) is 0 Å². The third-order valence-corrected chi connectivity index (χ3v) is 5.04. The Morgan fingerprint density at radius 1 is 0.588 bits per heavy atom. The van der Waals surface area contributed by atoms with Gasteiger partial charge in [-0.05, 0) is 63.0 Å². The number of hydrogen-bond donors (Lipinski definition) is 4. The Morgan fingerprint density at radius 3 is 1.09 bits per heavy atom. The van der Waals surface area contributed by atoms with Crippen molar-refractivity contribution in [1.82, 2.24) is 9.80 Å². The van der Waals surface area contributed by atoms with E-state index in [1.165, 1.54) is 51.9 Å².